The summed E-state index contributed by atoms with van der Waals surface area (Å²) in [5.41, 5.74) is 5.31. The van der Waals surface area contributed by atoms with Crippen LogP contribution in [0.4, 0.5) is 0 Å². The van der Waals surface area contributed by atoms with Gasteiger partial charge in [-0.1, -0.05) is 109 Å². The van der Waals surface area contributed by atoms with E-state index in [4.69, 9.17) is 0 Å². The average molecular weight is 296 g/mol. The summed E-state index contributed by atoms with van der Waals surface area (Å²) < 4.78 is 0. The van der Waals surface area contributed by atoms with Crippen LogP contribution in [0.5, 0.6) is 0 Å². The summed E-state index contributed by atoms with van der Waals surface area (Å²) in [6, 6.07) is 29.1. The molecule has 0 aliphatic heterocycles. The lowest BCUT2D eigenvalue weighted by molar-refractivity contribution is 1.31. The average Bonchev–Trinajstić information content (AvgIpc) is 3.11. The first-order chi connectivity index (χ1) is 11.4. The largest absolute Gasteiger partial charge is 0.0795 e. The van der Waals surface area contributed by atoms with Crippen LogP contribution < -0.4 is 0 Å². The van der Waals surface area contributed by atoms with Gasteiger partial charge in [0, 0.05) is 0 Å². The summed E-state index contributed by atoms with van der Waals surface area (Å²) >= 11 is 0. The second-order valence-corrected chi connectivity index (χ2v) is 5.46. The number of fused-ring (bicyclic) bond motifs is 1. The molecule has 0 fully saturated rings. The summed E-state index contributed by atoms with van der Waals surface area (Å²) in [6.07, 6.45) is 9.74. The van der Waals surface area contributed by atoms with Crippen LogP contribution in [0.15, 0.2) is 91.0 Å². The van der Waals surface area contributed by atoms with Crippen molar-refractivity contribution in [1.82, 2.24) is 0 Å². The van der Waals surface area contributed by atoms with Crippen molar-refractivity contribution in [2.75, 3.05) is 0 Å². The van der Waals surface area contributed by atoms with Crippen molar-refractivity contribution in [3.05, 3.63) is 113 Å². The Kier molecular flexibility index (Phi) is 5.21. The lowest BCUT2D eigenvalue weighted by atomic mass is 10.1. The van der Waals surface area contributed by atoms with Gasteiger partial charge in [0.15, 0.2) is 0 Å². The van der Waals surface area contributed by atoms with E-state index in [0.29, 0.717) is 0 Å². The Morgan fingerprint density at radius 2 is 1.09 bits per heavy atom. The molecule has 23 heavy (non-hydrogen) atoms. The molecule has 0 spiro atoms. The highest BCUT2D eigenvalue weighted by atomic mass is 14.0. The molecule has 0 saturated heterocycles. The Morgan fingerprint density at radius 1 is 0.565 bits per heavy atom. The standard InChI is InChI=1S/C14H12.C9H8/c1-3-7-13(8-4-1)11-12-14-9-5-2-6-10-14;1-2-5-9-7-3-6-8(9)4-1/h1-12H;1-6H,7H2. The van der Waals surface area contributed by atoms with Crippen LogP contribution in [-0.4, -0.2) is 0 Å². The lowest BCUT2D eigenvalue weighted by Crippen LogP contribution is -1.76. The smallest absolute Gasteiger partial charge is 0.00882 e. The minimum atomic E-state index is 1.12. The van der Waals surface area contributed by atoms with Gasteiger partial charge in [-0.25, -0.2) is 0 Å². The van der Waals surface area contributed by atoms with E-state index in [9.17, 15) is 0 Å². The van der Waals surface area contributed by atoms with Crippen LogP contribution in [-0.2, 0) is 6.42 Å². The van der Waals surface area contributed by atoms with Crippen LogP contribution in [0.2, 0.25) is 0 Å². The number of hydrogen-bond acceptors (Lipinski definition) is 0. The molecular weight excluding hydrogens is 276 g/mol. The van der Waals surface area contributed by atoms with Crippen molar-refractivity contribution in [3.8, 4) is 0 Å². The molecule has 4 rings (SSSR count). The number of benzene rings is 3. The molecule has 112 valence electrons. The van der Waals surface area contributed by atoms with Gasteiger partial charge >= 0.3 is 0 Å². The summed E-state index contributed by atoms with van der Waals surface area (Å²) in [4.78, 5) is 0. The second kappa shape index (κ2) is 7.95. The quantitative estimate of drug-likeness (QED) is 0.500. The van der Waals surface area contributed by atoms with E-state index in [-0.39, 0.29) is 0 Å². The fourth-order valence-electron chi connectivity index (χ4n) is 2.52. The fraction of sp³-hybridized carbons (Fsp3) is 0.0435. The summed E-state index contributed by atoms with van der Waals surface area (Å²) in [5, 5.41) is 0. The van der Waals surface area contributed by atoms with Gasteiger partial charge in [-0.2, -0.15) is 0 Å². The minimum Gasteiger partial charge on any atom is -0.0795 e. The van der Waals surface area contributed by atoms with Crippen molar-refractivity contribution in [3.63, 3.8) is 0 Å². The van der Waals surface area contributed by atoms with Crippen LogP contribution in [0, 0.1) is 0 Å². The number of allylic oxidation sites excluding steroid dienone is 1. The molecule has 0 amide bonds. The SMILES string of the molecule is C(=Cc1ccccc1)c1ccccc1.C1=Cc2ccccc2C1. The van der Waals surface area contributed by atoms with E-state index in [0.717, 1.165) is 6.42 Å². The number of rotatable bonds is 2. The fourth-order valence-corrected chi connectivity index (χ4v) is 2.52. The zero-order chi connectivity index (χ0) is 15.7. The molecule has 0 atom stereocenters. The summed E-state index contributed by atoms with van der Waals surface area (Å²) in [6.45, 7) is 0. The molecule has 0 N–H and O–H groups in total. The van der Waals surface area contributed by atoms with Gasteiger partial charge < -0.3 is 0 Å². The molecular formula is C23H20. The molecule has 0 saturated carbocycles. The topological polar surface area (TPSA) is 0 Å². The predicted octanol–water partition coefficient (Wildman–Crippen LogP) is 6.11. The maximum Gasteiger partial charge on any atom is -0.00882 e. The van der Waals surface area contributed by atoms with E-state index in [1.54, 1.807) is 0 Å². The third-order valence-corrected chi connectivity index (χ3v) is 3.76. The number of hydrogen-bond donors (Lipinski definition) is 0. The van der Waals surface area contributed by atoms with Crippen LogP contribution in [0.3, 0.4) is 0 Å². The molecule has 0 aromatic heterocycles. The summed E-state index contributed by atoms with van der Waals surface area (Å²) in [5.74, 6) is 0. The van der Waals surface area contributed by atoms with Crippen molar-refractivity contribution in [2.45, 2.75) is 6.42 Å². The van der Waals surface area contributed by atoms with E-state index >= 15 is 0 Å². The zero-order valence-corrected chi connectivity index (χ0v) is 13.1. The van der Waals surface area contributed by atoms with Gasteiger partial charge in [-0.05, 0) is 28.7 Å². The third-order valence-electron chi connectivity index (χ3n) is 3.76. The van der Waals surface area contributed by atoms with Gasteiger partial charge in [0.1, 0.15) is 0 Å². The van der Waals surface area contributed by atoms with Crippen LogP contribution in [0.1, 0.15) is 22.3 Å². The Bertz CT molecular complexity index is 739. The molecule has 0 nitrogen and oxygen atoms in total. The Hall–Kier alpha value is -2.86. The van der Waals surface area contributed by atoms with Gasteiger partial charge in [0.25, 0.3) is 0 Å². The second-order valence-electron chi connectivity index (χ2n) is 5.46. The van der Waals surface area contributed by atoms with Crippen molar-refractivity contribution in [1.29, 1.82) is 0 Å². The Balaban J connectivity index is 0.000000149. The maximum absolute atomic E-state index is 2.20. The first-order valence-electron chi connectivity index (χ1n) is 7.94. The Labute approximate surface area is 138 Å². The first kappa shape index (κ1) is 15.1. The minimum absolute atomic E-state index is 1.12. The highest BCUT2D eigenvalue weighted by Gasteiger charge is 2.00. The highest BCUT2D eigenvalue weighted by molar-refractivity contribution is 5.69. The van der Waals surface area contributed by atoms with Gasteiger partial charge in [-0.3, -0.25) is 0 Å². The molecule has 1 aliphatic rings. The van der Waals surface area contributed by atoms with Crippen molar-refractivity contribution >= 4 is 18.2 Å². The van der Waals surface area contributed by atoms with Gasteiger partial charge in [-0.15, -0.1) is 0 Å². The van der Waals surface area contributed by atoms with E-state index in [1.165, 1.54) is 22.3 Å². The molecule has 0 unspecified atom stereocenters. The van der Waals surface area contributed by atoms with Crippen molar-refractivity contribution < 1.29 is 0 Å². The molecule has 0 heteroatoms. The molecule has 0 radical (unpaired) electrons. The molecule has 0 heterocycles. The molecule has 3 aromatic carbocycles. The predicted molar refractivity (Wildman–Crippen MR) is 101 cm³/mol. The van der Waals surface area contributed by atoms with Gasteiger partial charge in [0.05, 0.1) is 0 Å². The highest BCUT2D eigenvalue weighted by Crippen LogP contribution is 2.17. The van der Waals surface area contributed by atoms with E-state index in [2.05, 4.69) is 72.8 Å². The monoisotopic (exact) mass is 296 g/mol. The van der Waals surface area contributed by atoms with Crippen molar-refractivity contribution in [2.24, 2.45) is 0 Å². The van der Waals surface area contributed by atoms with E-state index in [1.807, 2.05) is 36.4 Å². The van der Waals surface area contributed by atoms with Crippen LogP contribution >= 0.6 is 0 Å². The lowest BCUT2D eigenvalue weighted by Gasteiger charge is -1.93. The first-order valence-corrected chi connectivity index (χ1v) is 7.94. The van der Waals surface area contributed by atoms with Crippen LogP contribution in [0.25, 0.3) is 18.2 Å². The zero-order valence-electron chi connectivity index (χ0n) is 13.1. The Morgan fingerprint density at radius 3 is 1.65 bits per heavy atom. The maximum atomic E-state index is 2.20. The summed E-state index contributed by atoms with van der Waals surface area (Å²) in [7, 11) is 0. The van der Waals surface area contributed by atoms with E-state index < -0.39 is 0 Å². The molecule has 1 aliphatic carbocycles. The molecule has 3 aromatic rings. The van der Waals surface area contributed by atoms with Gasteiger partial charge in [0.2, 0.25) is 0 Å². The molecule has 0 bridgehead atoms. The normalized spacial score (nSPS) is 11.8. The third kappa shape index (κ3) is 4.55.